The van der Waals surface area contributed by atoms with Gasteiger partial charge in [-0.2, -0.15) is 0 Å². The van der Waals surface area contributed by atoms with E-state index < -0.39 is 0 Å². The summed E-state index contributed by atoms with van der Waals surface area (Å²) in [6.07, 6.45) is -0.0203. The van der Waals surface area contributed by atoms with Gasteiger partial charge in [-0.25, -0.2) is 0 Å². The average Bonchev–Trinajstić information content (AvgIpc) is 3.08. The van der Waals surface area contributed by atoms with Crippen LogP contribution < -0.4 is 10.1 Å². The summed E-state index contributed by atoms with van der Waals surface area (Å²) in [6, 6.07) is 9.34. The minimum atomic E-state index is -0.162. The summed E-state index contributed by atoms with van der Waals surface area (Å²) < 4.78 is 18.0. The summed E-state index contributed by atoms with van der Waals surface area (Å²) in [5.41, 5.74) is 0.522. The number of aryl methyl sites for hydroxylation is 1. The lowest BCUT2D eigenvalue weighted by Crippen LogP contribution is -2.43. The predicted octanol–water partition coefficient (Wildman–Crippen LogP) is 3.94. The maximum atomic E-state index is 12.9. The van der Waals surface area contributed by atoms with Crippen LogP contribution in [0.2, 0.25) is 0 Å². The third-order valence-corrected chi connectivity index (χ3v) is 5.08. The van der Waals surface area contributed by atoms with E-state index >= 15 is 0 Å². The highest BCUT2D eigenvalue weighted by molar-refractivity contribution is 9.10. The van der Waals surface area contributed by atoms with Gasteiger partial charge in [-0.1, -0.05) is 15.9 Å². The molecule has 7 heteroatoms. The maximum Gasteiger partial charge on any atom is 0.255 e. The molecule has 1 unspecified atom stereocenters. The van der Waals surface area contributed by atoms with E-state index in [0.29, 0.717) is 31.1 Å². The molecule has 2 heterocycles. The molecule has 1 aromatic carbocycles. The number of rotatable bonds is 7. The highest BCUT2D eigenvalue weighted by Crippen LogP contribution is 2.26. The van der Waals surface area contributed by atoms with E-state index in [2.05, 4.69) is 26.1 Å². The summed E-state index contributed by atoms with van der Waals surface area (Å²) in [7, 11) is 0. The van der Waals surface area contributed by atoms with Crippen LogP contribution in [0.1, 0.15) is 41.8 Å². The van der Waals surface area contributed by atoms with E-state index in [1.165, 1.54) is 0 Å². The Labute approximate surface area is 174 Å². The largest absolute Gasteiger partial charge is 0.490 e. The molecule has 1 aliphatic rings. The molecule has 1 saturated heterocycles. The number of carbonyl (C=O) groups is 1. The van der Waals surface area contributed by atoms with Crippen molar-refractivity contribution in [1.29, 1.82) is 0 Å². The zero-order valence-corrected chi connectivity index (χ0v) is 18.1. The first kappa shape index (κ1) is 20.9. The number of benzene rings is 1. The molecule has 1 amide bonds. The molecule has 3 rings (SSSR count). The summed E-state index contributed by atoms with van der Waals surface area (Å²) in [4.78, 5) is 15.2. The van der Waals surface area contributed by atoms with Gasteiger partial charge in [0.05, 0.1) is 30.9 Å². The zero-order valence-electron chi connectivity index (χ0n) is 16.5. The Morgan fingerprint density at radius 2 is 2.00 bits per heavy atom. The summed E-state index contributed by atoms with van der Waals surface area (Å²) in [5.74, 6) is 2.12. The normalized spacial score (nSPS) is 16.2. The lowest BCUT2D eigenvalue weighted by atomic mass is 10.1. The number of nitrogens with zero attached hydrogens (tertiary/aromatic N) is 1. The summed E-state index contributed by atoms with van der Waals surface area (Å²) in [6.45, 7) is 9.23. The van der Waals surface area contributed by atoms with Gasteiger partial charge in [0.25, 0.3) is 5.91 Å². The first-order valence-electron chi connectivity index (χ1n) is 9.56. The number of nitrogens with one attached hydrogen (secondary N) is 1. The predicted molar refractivity (Wildman–Crippen MR) is 111 cm³/mol. The van der Waals surface area contributed by atoms with Crippen molar-refractivity contribution in [1.82, 2.24) is 10.2 Å². The number of ether oxygens (including phenoxy) is 2. The van der Waals surface area contributed by atoms with Gasteiger partial charge in [-0.3, -0.25) is 9.69 Å². The molecule has 1 aliphatic heterocycles. The highest BCUT2D eigenvalue weighted by Gasteiger charge is 2.26. The lowest BCUT2D eigenvalue weighted by Gasteiger charge is -2.33. The topological polar surface area (TPSA) is 63.9 Å². The van der Waals surface area contributed by atoms with Crippen LogP contribution in [-0.2, 0) is 4.74 Å². The van der Waals surface area contributed by atoms with Gasteiger partial charge in [-0.05, 0) is 51.1 Å². The Hall–Kier alpha value is -1.83. The van der Waals surface area contributed by atoms with Crippen molar-refractivity contribution in [3.8, 4) is 5.75 Å². The van der Waals surface area contributed by atoms with Crippen molar-refractivity contribution in [3.63, 3.8) is 0 Å². The van der Waals surface area contributed by atoms with Crippen LogP contribution in [0, 0.1) is 6.92 Å². The monoisotopic (exact) mass is 450 g/mol. The molecule has 1 N–H and O–H groups in total. The Morgan fingerprint density at radius 3 is 2.64 bits per heavy atom. The van der Waals surface area contributed by atoms with Crippen molar-refractivity contribution < 1.29 is 18.7 Å². The molecule has 0 spiro atoms. The fourth-order valence-electron chi connectivity index (χ4n) is 3.25. The summed E-state index contributed by atoms with van der Waals surface area (Å²) in [5, 5.41) is 3.06. The standard InChI is InChI=1S/C21H27BrN2O4/c1-14(2)27-20-12-16(22)5-6-17(20)21(25)23-13-18(19-7-4-15(3)28-19)24-8-10-26-11-9-24/h4-7,12,14,18H,8-11,13H2,1-3H3,(H,23,25). The number of morpholine rings is 1. The average molecular weight is 451 g/mol. The third kappa shape index (κ3) is 5.37. The van der Waals surface area contributed by atoms with E-state index in [0.717, 1.165) is 29.1 Å². The number of halogens is 1. The van der Waals surface area contributed by atoms with E-state index in [1.807, 2.05) is 45.0 Å². The minimum Gasteiger partial charge on any atom is -0.490 e. The Morgan fingerprint density at radius 1 is 1.25 bits per heavy atom. The second kappa shape index (κ2) is 9.58. The van der Waals surface area contributed by atoms with E-state index in [1.54, 1.807) is 6.07 Å². The second-order valence-electron chi connectivity index (χ2n) is 7.13. The number of amides is 1. The fourth-order valence-corrected chi connectivity index (χ4v) is 3.59. The summed E-state index contributed by atoms with van der Waals surface area (Å²) >= 11 is 3.44. The lowest BCUT2D eigenvalue weighted by molar-refractivity contribution is 0.0117. The molecule has 1 aromatic heterocycles. The van der Waals surface area contributed by atoms with Crippen LogP contribution in [0.5, 0.6) is 5.75 Å². The van der Waals surface area contributed by atoms with Crippen LogP contribution in [0.25, 0.3) is 0 Å². The second-order valence-corrected chi connectivity index (χ2v) is 8.05. The number of hydrogen-bond donors (Lipinski definition) is 1. The van der Waals surface area contributed by atoms with E-state index in [4.69, 9.17) is 13.9 Å². The smallest absolute Gasteiger partial charge is 0.255 e. The van der Waals surface area contributed by atoms with Gasteiger partial charge < -0.3 is 19.2 Å². The van der Waals surface area contributed by atoms with Crippen molar-refractivity contribution in [2.75, 3.05) is 32.8 Å². The molecule has 28 heavy (non-hydrogen) atoms. The maximum absolute atomic E-state index is 12.9. The van der Waals surface area contributed by atoms with Crippen molar-refractivity contribution >= 4 is 21.8 Å². The van der Waals surface area contributed by atoms with Crippen molar-refractivity contribution in [2.45, 2.75) is 32.9 Å². The van der Waals surface area contributed by atoms with Gasteiger partial charge in [0.2, 0.25) is 0 Å². The molecule has 0 radical (unpaired) electrons. The Balaban J connectivity index is 1.75. The minimum absolute atomic E-state index is 0.0203. The van der Waals surface area contributed by atoms with Gasteiger partial charge >= 0.3 is 0 Å². The molecule has 1 atom stereocenters. The van der Waals surface area contributed by atoms with Crippen LogP contribution in [-0.4, -0.2) is 49.8 Å². The van der Waals surface area contributed by atoms with Crippen LogP contribution in [0.15, 0.2) is 39.2 Å². The molecule has 152 valence electrons. The molecular weight excluding hydrogens is 424 g/mol. The van der Waals surface area contributed by atoms with Crippen LogP contribution in [0.4, 0.5) is 0 Å². The van der Waals surface area contributed by atoms with Gasteiger partial charge in [0.15, 0.2) is 0 Å². The molecule has 0 saturated carbocycles. The quantitative estimate of drug-likeness (QED) is 0.691. The first-order valence-corrected chi connectivity index (χ1v) is 10.4. The van der Waals surface area contributed by atoms with Gasteiger partial charge in [0, 0.05) is 24.1 Å². The molecule has 0 bridgehead atoms. The third-order valence-electron chi connectivity index (χ3n) is 4.58. The van der Waals surface area contributed by atoms with Crippen LogP contribution in [0.3, 0.4) is 0 Å². The molecule has 2 aromatic rings. The fraction of sp³-hybridized carbons (Fsp3) is 0.476. The van der Waals surface area contributed by atoms with E-state index in [9.17, 15) is 4.79 Å². The number of carbonyl (C=O) groups excluding carboxylic acids is 1. The van der Waals surface area contributed by atoms with Crippen molar-refractivity contribution in [2.24, 2.45) is 0 Å². The van der Waals surface area contributed by atoms with Gasteiger partial charge in [-0.15, -0.1) is 0 Å². The molecule has 0 aliphatic carbocycles. The van der Waals surface area contributed by atoms with Crippen molar-refractivity contribution in [3.05, 3.63) is 51.9 Å². The van der Waals surface area contributed by atoms with E-state index in [-0.39, 0.29) is 18.1 Å². The SMILES string of the molecule is Cc1ccc(C(CNC(=O)c2ccc(Br)cc2OC(C)C)N2CCOCC2)o1. The molecular formula is C21H27BrN2O4. The zero-order chi connectivity index (χ0) is 20.1. The Bertz CT molecular complexity index is 799. The van der Waals surface area contributed by atoms with Crippen LogP contribution >= 0.6 is 15.9 Å². The number of hydrogen-bond acceptors (Lipinski definition) is 5. The molecule has 1 fully saturated rings. The Kier molecular flexibility index (Phi) is 7.15. The number of furan rings is 1. The first-order chi connectivity index (χ1) is 13.4. The molecule has 6 nitrogen and oxygen atoms in total. The highest BCUT2D eigenvalue weighted by atomic mass is 79.9. The van der Waals surface area contributed by atoms with Gasteiger partial charge in [0.1, 0.15) is 17.3 Å².